The number of rotatable bonds is 7. The molecule has 1 heterocycles. The van der Waals surface area contributed by atoms with E-state index in [4.69, 9.17) is 4.74 Å². The molecule has 1 aliphatic heterocycles. The van der Waals surface area contributed by atoms with Gasteiger partial charge in [-0.1, -0.05) is 30.3 Å². The van der Waals surface area contributed by atoms with Crippen molar-refractivity contribution in [2.45, 2.75) is 30.3 Å². The summed E-state index contributed by atoms with van der Waals surface area (Å²) >= 11 is 1.56. The van der Waals surface area contributed by atoms with Gasteiger partial charge in [-0.25, -0.2) is 0 Å². The third-order valence-electron chi connectivity index (χ3n) is 4.55. The highest BCUT2D eigenvalue weighted by molar-refractivity contribution is 8.00. The standard InChI is InChI=1S/C21H26N2O2S/c1-25-19-9-11-20(12-10-19)26-16-21(24)22-18-8-5-13-23(15-18)14-17-6-3-2-4-7-17/h2-4,6-7,9-12,18H,5,8,13-16H2,1H3,(H,22,24). The molecular formula is C21H26N2O2S. The maximum atomic E-state index is 12.3. The molecule has 138 valence electrons. The minimum absolute atomic E-state index is 0.109. The van der Waals surface area contributed by atoms with E-state index in [0.29, 0.717) is 5.75 Å². The van der Waals surface area contributed by atoms with Crippen molar-refractivity contribution in [3.63, 3.8) is 0 Å². The van der Waals surface area contributed by atoms with Gasteiger partial charge in [0.05, 0.1) is 12.9 Å². The number of piperidine rings is 1. The van der Waals surface area contributed by atoms with Crippen LogP contribution in [0.3, 0.4) is 0 Å². The van der Waals surface area contributed by atoms with E-state index in [1.807, 2.05) is 30.3 Å². The van der Waals surface area contributed by atoms with E-state index < -0.39 is 0 Å². The van der Waals surface area contributed by atoms with E-state index >= 15 is 0 Å². The van der Waals surface area contributed by atoms with Gasteiger partial charge in [-0.15, -0.1) is 11.8 Å². The van der Waals surface area contributed by atoms with Gasteiger partial charge in [-0.2, -0.15) is 0 Å². The van der Waals surface area contributed by atoms with Crippen molar-refractivity contribution in [2.75, 3.05) is 26.0 Å². The smallest absolute Gasteiger partial charge is 0.230 e. The van der Waals surface area contributed by atoms with Gasteiger partial charge in [0.1, 0.15) is 5.75 Å². The van der Waals surface area contributed by atoms with Crippen LogP contribution in [0, 0.1) is 0 Å². The monoisotopic (exact) mass is 370 g/mol. The van der Waals surface area contributed by atoms with Crippen LogP contribution in [0.4, 0.5) is 0 Å². The summed E-state index contributed by atoms with van der Waals surface area (Å²) < 4.78 is 5.15. The molecule has 1 atom stereocenters. The minimum atomic E-state index is 0.109. The minimum Gasteiger partial charge on any atom is -0.497 e. The first-order chi connectivity index (χ1) is 12.7. The third-order valence-corrected chi connectivity index (χ3v) is 5.56. The summed E-state index contributed by atoms with van der Waals surface area (Å²) in [6, 6.07) is 18.6. The number of likely N-dealkylation sites (tertiary alicyclic amines) is 1. The Hall–Kier alpha value is -1.98. The summed E-state index contributed by atoms with van der Waals surface area (Å²) in [6.45, 7) is 2.98. The Morgan fingerprint density at radius 2 is 1.96 bits per heavy atom. The second kappa shape index (κ2) is 9.64. The zero-order chi connectivity index (χ0) is 18.2. The van der Waals surface area contributed by atoms with Crippen LogP contribution in [0.25, 0.3) is 0 Å². The topological polar surface area (TPSA) is 41.6 Å². The number of nitrogens with one attached hydrogen (secondary N) is 1. The molecule has 1 fully saturated rings. The van der Waals surface area contributed by atoms with Gasteiger partial charge in [0.25, 0.3) is 0 Å². The number of hydrogen-bond acceptors (Lipinski definition) is 4. The second-order valence-electron chi connectivity index (χ2n) is 6.59. The highest BCUT2D eigenvalue weighted by atomic mass is 32.2. The summed E-state index contributed by atoms with van der Waals surface area (Å²) in [5.74, 6) is 1.39. The molecule has 1 N–H and O–H groups in total. The van der Waals surface area contributed by atoms with Crippen LogP contribution in [0.5, 0.6) is 5.75 Å². The lowest BCUT2D eigenvalue weighted by Crippen LogP contribution is -2.47. The number of nitrogens with zero attached hydrogens (tertiary/aromatic N) is 1. The number of thioether (sulfide) groups is 1. The van der Waals surface area contributed by atoms with Crippen molar-refractivity contribution < 1.29 is 9.53 Å². The Kier molecular flexibility index (Phi) is 6.97. The van der Waals surface area contributed by atoms with Crippen LogP contribution in [-0.2, 0) is 11.3 Å². The van der Waals surface area contributed by atoms with E-state index in [-0.39, 0.29) is 11.9 Å². The number of benzene rings is 2. The maximum Gasteiger partial charge on any atom is 0.230 e. The van der Waals surface area contributed by atoms with E-state index in [1.54, 1.807) is 18.9 Å². The lowest BCUT2D eigenvalue weighted by Gasteiger charge is -2.33. The van der Waals surface area contributed by atoms with Crippen molar-refractivity contribution in [3.05, 3.63) is 60.2 Å². The van der Waals surface area contributed by atoms with Crippen LogP contribution in [0.1, 0.15) is 18.4 Å². The highest BCUT2D eigenvalue weighted by Gasteiger charge is 2.21. The van der Waals surface area contributed by atoms with Crippen molar-refractivity contribution in [3.8, 4) is 5.75 Å². The normalized spacial score (nSPS) is 17.7. The number of carbonyl (C=O) groups is 1. The van der Waals surface area contributed by atoms with Gasteiger partial charge in [0.15, 0.2) is 0 Å². The van der Waals surface area contributed by atoms with Crippen molar-refractivity contribution in [2.24, 2.45) is 0 Å². The van der Waals surface area contributed by atoms with Gasteiger partial charge >= 0.3 is 0 Å². The Balaban J connectivity index is 1.43. The summed E-state index contributed by atoms with van der Waals surface area (Å²) in [5.41, 5.74) is 1.33. The SMILES string of the molecule is COc1ccc(SCC(=O)NC2CCCN(Cc3ccccc3)C2)cc1. The summed E-state index contributed by atoms with van der Waals surface area (Å²) in [7, 11) is 1.65. The van der Waals surface area contributed by atoms with Gasteiger partial charge < -0.3 is 10.1 Å². The average Bonchev–Trinajstić information content (AvgIpc) is 2.68. The molecule has 1 amide bonds. The molecule has 0 radical (unpaired) electrons. The van der Waals surface area contributed by atoms with Gasteiger partial charge in [-0.3, -0.25) is 9.69 Å². The van der Waals surface area contributed by atoms with E-state index in [0.717, 1.165) is 43.1 Å². The molecule has 0 saturated carbocycles. The largest absolute Gasteiger partial charge is 0.497 e. The summed E-state index contributed by atoms with van der Waals surface area (Å²) in [5, 5.41) is 3.20. The van der Waals surface area contributed by atoms with Crippen molar-refractivity contribution >= 4 is 17.7 Å². The Bertz CT molecular complexity index is 691. The molecule has 5 heteroatoms. The van der Waals surface area contributed by atoms with Crippen LogP contribution in [-0.4, -0.2) is 42.8 Å². The fourth-order valence-corrected chi connectivity index (χ4v) is 3.96. The van der Waals surface area contributed by atoms with Crippen LogP contribution in [0.2, 0.25) is 0 Å². The molecule has 1 aliphatic rings. The number of methoxy groups -OCH3 is 1. The Labute approximate surface area is 159 Å². The third kappa shape index (κ3) is 5.78. The highest BCUT2D eigenvalue weighted by Crippen LogP contribution is 2.21. The number of ether oxygens (including phenoxy) is 1. The molecule has 1 saturated heterocycles. The Morgan fingerprint density at radius 3 is 2.69 bits per heavy atom. The van der Waals surface area contributed by atoms with Gasteiger partial charge in [0, 0.05) is 24.0 Å². The molecule has 4 nitrogen and oxygen atoms in total. The predicted octanol–water partition coefficient (Wildman–Crippen LogP) is 3.57. The summed E-state index contributed by atoms with van der Waals surface area (Å²) in [4.78, 5) is 15.8. The lowest BCUT2D eigenvalue weighted by molar-refractivity contribution is -0.119. The molecule has 3 rings (SSSR count). The van der Waals surface area contributed by atoms with Crippen LogP contribution >= 0.6 is 11.8 Å². The lowest BCUT2D eigenvalue weighted by atomic mass is 10.0. The molecule has 2 aromatic carbocycles. The summed E-state index contributed by atoms with van der Waals surface area (Å²) in [6.07, 6.45) is 2.19. The van der Waals surface area contributed by atoms with Crippen molar-refractivity contribution in [1.29, 1.82) is 0 Å². The number of hydrogen-bond donors (Lipinski definition) is 1. The molecule has 26 heavy (non-hydrogen) atoms. The second-order valence-corrected chi connectivity index (χ2v) is 7.64. The van der Waals surface area contributed by atoms with Gasteiger partial charge in [-0.05, 0) is 49.2 Å². The number of amides is 1. The van der Waals surface area contributed by atoms with Crippen molar-refractivity contribution in [1.82, 2.24) is 10.2 Å². The quantitative estimate of drug-likeness (QED) is 0.757. The fraction of sp³-hybridized carbons (Fsp3) is 0.381. The zero-order valence-electron chi connectivity index (χ0n) is 15.2. The van der Waals surface area contributed by atoms with E-state index in [2.05, 4.69) is 34.5 Å². The average molecular weight is 371 g/mol. The Morgan fingerprint density at radius 1 is 1.19 bits per heavy atom. The maximum absolute atomic E-state index is 12.3. The molecule has 0 aliphatic carbocycles. The van der Waals surface area contributed by atoms with E-state index in [1.165, 1.54) is 5.56 Å². The molecular weight excluding hydrogens is 344 g/mol. The van der Waals surface area contributed by atoms with Crippen LogP contribution < -0.4 is 10.1 Å². The first-order valence-electron chi connectivity index (χ1n) is 9.05. The molecule has 0 aromatic heterocycles. The first-order valence-corrected chi connectivity index (χ1v) is 10.0. The molecule has 0 spiro atoms. The molecule has 2 aromatic rings. The predicted molar refractivity (Wildman–Crippen MR) is 107 cm³/mol. The van der Waals surface area contributed by atoms with Gasteiger partial charge in [0.2, 0.25) is 5.91 Å². The van der Waals surface area contributed by atoms with E-state index in [9.17, 15) is 4.79 Å². The first kappa shape index (κ1) is 18.8. The molecule has 1 unspecified atom stereocenters. The fourth-order valence-electron chi connectivity index (χ4n) is 3.25. The number of carbonyl (C=O) groups excluding carboxylic acids is 1. The zero-order valence-corrected chi connectivity index (χ0v) is 16.0. The molecule has 0 bridgehead atoms. The van der Waals surface area contributed by atoms with Crippen LogP contribution in [0.15, 0.2) is 59.5 Å².